The topological polar surface area (TPSA) is 54.3 Å². The summed E-state index contributed by atoms with van der Waals surface area (Å²) >= 11 is 1.78. The van der Waals surface area contributed by atoms with Gasteiger partial charge in [0, 0.05) is 33.2 Å². The zero-order chi connectivity index (χ0) is 19.1. The number of benzene rings is 2. The molecule has 1 unspecified atom stereocenters. The molecule has 0 spiro atoms. The molecule has 1 saturated heterocycles. The second kappa shape index (κ2) is 6.97. The van der Waals surface area contributed by atoms with Gasteiger partial charge in [-0.1, -0.05) is 24.3 Å². The Labute approximate surface area is 168 Å². The second-order valence-corrected chi connectivity index (χ2v) is 8.20. The maximum atomic E-state index is 9.59. The van der Waals surface area contributed by atoms with Gasteiger partial charge >= 0.3 is 0 Å². The molecule has 1 aromatic heterocycles. The highest BCUT2D eigenvalue weighted by Crippen LogP contribution is 2.48. The number of nitriles is 1. The Morgan fingerprint density at radius 1 is 1.14 bits per heavy atom. The van der Waals surface area contributed by atoms with Crippen molar-refractivity contribution in [1.29, 1.82) is 5.26 Å². The van der Waals surface area contributed by atoms with Gasteiger partial charge in [-0.2, -0.15) is 5.26 Å². The summed E-state index contributed by atoms with van der Waals surface area (Å²) in [4.78, 5) is 1.34. The first-order valence-corrected chi connectivity index (χ1v) is 10.3. The fourth-order valence-electron chi connectivity index (χ4n) is 4.10. The third-order valence-corrected chi connectivity index (χ3v) is 6.59. The molecule has 28 heavy (non-hydrogen) atoms. The summed E-state index contributed by atoms with van der Waals surface area (Å²) in [6.45, 7) is 2.21. The van der Waals surface area contributed by atoms with Crippen LogP contribution in [0.25, 0.3) is 22.3 Å². The molecule has 2 aromatic carbocycles. The molecular formula is C23H20N2O2S. The normalized spacial score (nSPS) is 16.1. The zero-order valence-corrected chi connectivity index (χ0v) is 16.4. The van der Waals surface area contributed by atoms with Crippen LogP contribution in [0.4, 0.5) is 5.69 Å². The lowest BCUT2D eigenvalue weighted by molar-refractivity contribution is -0.0372. The number of methoxy groups -OCH3 is 1. The Balaban J connectivity index is 1.61. The zero-order valence-electron chi connectivity index (χ0n) is 15.6. The molecule has 4 nitrogen and oxygen atoms in total. The first-order chi connectivity index (χ1) is 13.8. The number of hydrogen-bond donors (Lipinski definition) is 1. The highest BCUT2D eigenvalue weighted by molar-refractivity contribution is 7.10. The number of fused-ring (bicyclic) bond motifs is 3. The molecule has 2 aliphatic rings. The van der Waals surface area contributed by atoms with E-state index in [-0.39, 0.29) is 5.92 Å². The summed E-state index contributed by atoms with van der Waals surface area (Å²) in [5.74, 6) is 1.04. The Morgan fingerprint density at radius 2 is 1.96 bits per heavy atom. The number of ether oxygens (including phenoxy) is 2. The summed E-state index contributed by atoms with van der Waals surface area (Å²) in [5.41, 5.74) is 6.85. The van der Waals surface area contributed by atoms with Crippen molar-refractivity contribution in [1.82, 2.24) is 0 Å². The van der Waals surface area contributed by atoms with Crippen molar-refractivity contribution in [2.75, 3.05) is 25.6 Å². The lowest BCUT2D eigenvalue weighted by atomic mass is 9.84. The predicted molar refractivity (Wildman–Crippen MR) is 112 cm³/mol. The van der Waals surface area contributed by atoms with Crippen molar-refractivity contribution in [3.05, 3.63) is 58.3 Å². The molecule has 140 valence electrons. The Kier molecular flexibility index (Phi) is 4.31. The molecule has 3 aromatic rings. The van der Waals surface area contributed by atoms with E-state index in [4.69, 9.17) is 9.47 Å². The molecule has 5 rings (SSSR count). The number of nitrogens with zero attached hydrogens (tertiary/aromatic N) is 1. The van der Waals surface area contributed by atoms with Gasteiger partial charge in [-0.05, 0) is 34.7 Å². The quantitative estimate of drug-likeness (QED) is 0.661. The molecule has 0 aliphatic carbocycles. The Hall–Kier alpha value is -2.81. The van der Waals surface area contributed by atoms with Crippen molar-refractivity contribution in [3.8, 4) is 34.1 Å². The molecule has 5 heteroatoms. The van der Waals surface area contributed by atoms with E-state index >= 15 is 0 Å². The van der Waals surface area contributed by atoms with E-state index in [1.54, 1.807) is 18.4 Å². The summed E-state index contributed by atoms with van der Waals surface area (Å²) in [6.07, 6.45) is 0. The van der Waals surface area contributed by atoms with Crippen LogP contribution in [0.1, 0.15) is 16.4 Å². The number of hydrogen-bond acceptors (Lipinski definition) is 5. The average molecular weight is 388 g/mol. The van der Waals surface area contributed by atoms with Crippen LogP contribution in [0.5, 0.6) is 5.75 Å². The van der Waals surface area contributed by atoms with Crippen LogP contribution < -0.4 is 10.1 Å². The maximum absolute atomic E-state index is 9.59. The van der Waals surface area contributed by atoms with Crippen molar-refractivity contribution in [2.45, 2.75) is 12.5 Å². The van der Waals surface area contributed by atoms with Crippen molar-refractivity contribution in [2.24, 2.45) is 5.92 Å². The summed E-state index contributed by atoms with van der Waals surface area (Å²) < 4.78 is 11.0. The lowest BCUT2D eigenvalue weighted by Gasteiger charge is -2.30. The number of rotatable bonds is 4. The van der Waals surface area contributed by atoms with Gasteiger partial charge in [0.2, 0.25) is 0 Å². The minimum atomic E-state index is -0.112. The van der Waals surface area contributed by atoms with Crippen LogP contribution in [0, 0.1) is 17.2 Å². The van der Waals surface area contributed by atoms with Gasteiger partial charge < -0.3 is 14.8 Å². The SMILES string of the molecule is COc1ccc2c(c1-c1ccc(C(C#N)C3COC3)cc1)-c1ccsc1CN2. The predicted octanol–water partition coefficient (Wildman–Crippen LogP) is 5.27. The second-order valence-electron chi connectivity index (χ2n) is 7.20. The standard InChI is InChI=1S/C23H20N2O2S/c1-26-20-7-6-19-23(17-8-9-28-21(17)11-25-19)22(20)15-4-2-14(3-5-15)18(10-24)16-12-27-13-16/h2-9,16,18,25H,11-13H2,1H3. The molecule has 1 fully saturated rings. The van der Waals surface area contributed by atoms with E-state index in [1.807, 2.05) is 6.07 Å². The molecular weight excluding hydrogens is 368 g/mol. The van der Waals surface area contributed by atoms with Gasteiger partial charge in [0.15, 0.2) is 0 Å². The molecule has 1 atom stereocenters. The van der Waals surface area contributed by atoms with E-state index in [2.05, 4.69) is 53.2 Å². The first kappa shape index (κ1) is 17.3. The maximum Gasteiger partial charge on any atom is 0.127 e. The number of thiophene rings is 1. The van der Waals surface area contributed by atoms with Crippen LogP contribution in [0.15, 0.2) is 47.8 Å². The number of anilines is 1. The summed E-state index contributed by atoms with van der Waals surface area (Å²) in [5, 5.41) is 15.3. The van der Waals surface area contributed by atoms with Gasteiger partial charge in [0.1, 0.15) is 5.75 Å². The number of nitrogens with one attached hydrogen (secondary N) is 1. The first-order valence-electron chi connectivity index (χ1n) is 9.39. The van der Waals surface area contributed by atoms with Crippen LogP contribution in [0.2, 0.25) is 0 Å². The third-order valence-electron chi connectivity index (χ3n) is 5.67. The molecule has 3 heterocycles. The Bertz CT molecular complexity index is 1060. The van der Waals surface area contributed by atoms with E-state index in [9.17, 15) is 5.26 Å². The lowest BCUT2D eigenvalue weighted by Crippen LogP contribution is -2.32. The van der Waals surface area contributed by atoms with Gasteiger partial charge in [0.05, 0.1) is 38.9 Å². The molecule has 0 bridgehead atoms. The Morgan fingerprint density at radius 3 is 2.64 bits per heavy atom. The fraction of sp³-hybridized carbons (Fsp3) is 0.261. The van der Waals surface area contributed by atoms with Crippen molar-refractivity contribution < 1.29 is 9.47 Å². The molecule has 1 N–H and O–H groups in total. The largest absolute Gasteiger partial charge is 0.496 e. The van der Waals surface area contributed by atoms with Crippen LogP contribution in [0.3, 0.4) is 0 Å². The monoisotopic (exact) mass is 388 g/mol. The average Bonchev–Trinajstić information content (AvgIpc) is 3.19. The van der Waals surface area contributed by atoms with Gasteiger partial charge in [-0.25, -0.2) is 0 Å². The van der Waals surface area contributed by atoms with Crippen molar-refractivity contribution >= 4 is 17.0 Å². The van der Waals surface area contributed by atoms with Crippen molar-refractivity contribution in [3.63, 3.8) is 0 Å². The molecule has 0 radical (unpaired) electrons. The van der Waals surface area contributed by atoms with Crippen LogP contribution >= 0.6 is 11.3 Å². The third kappa shape index (κ3) is 2.69. The van der Waals surface area contributed by atoms with E-state index in [0.717, 1.165) is 34.7 Å². The highest BCUT2D eigenvalue weighted by atomic mass is 32.1. The fourth-order valence-corrected chi connectivity index (χ4v) is 4.92. The van der Waals surface area contributed by atoms with Crippen LogP contribution in [-0.2, 0) is 11.3 Å². The minimum Gasteiger partial charge on any atom is -0.496 e. The highest BCUT2D eigenvalue weighted by Gasteiger charge is 2.30. The molecule has 0 amide bonds. The summed E-state index contributed by atoms with van der Waals surface area (Å²) in [7, 11) is 1.71. The van der Waals surface area contributed by atoms with E-state index in [1.165, 1.54) is 16.0 Å². The van der Waals surface area contributed by atoms with E-state index in [0.29, 0.717) is 19.1 Å². The molecule has 0 saturated carbocycles. The van der Waals surface area contributed by atoms with Gasteiger partial charge in [-0.15, -0.1) is 11.3 Å². The van der Waals surface area contributed by atoms with Gasteiger partial charge in [-0.3, -0.25) is 0 Å². The van der Waals surface area contributed by atoms with Crippen LogP contribution in [-0.4, -0.2) is 20.3 Å². The van der Waals surface area contributed by atoms with E-state index < -0.39 is 0 Å². The molecule has 2 aliphatic heterocycles. The summed E-state index contributed by atoms with van der Waals surface area (Å²) in [6, 6.07) is 17.1. The smallest absolute Gasteiger partial charge is 0.127 e. The minimum absolute atomic E-state index is 0.112. The van der Waals surface area contributed by atoms with Gasteiger partial charge in [0.25, 0.3) is 0 Å².